The molecule has 0 atom stereocenters. The van der Waals surface area contributed by atoms with Crippen molar-refractivity contribution >= 4 is 22.0 Å². The molecule has 1 rings (SSSR count). The summed E-state index contributed by atoms with van der Waals surface area (Å²) in [7, 11) is -4.65. The molecule has 1 aromatic rings. The van der Waals surface area contributed by atoms with Gasteiger partial charge in [0.15, 0.2) is 0 Å². The van der Waals surface area contributed by atoms with Crippen molar-refractivity contribution in [1.29, 1.82) is 0 Å². The maximum atomic E-state index is 13.0. The average molecular weight is 553 g/mol. The summed E-state index contributed by atoms with van der Waals surface area (Å²) in [5.41, 5.74) is 2.53. The van der Waals surface area contributed by atoms with Crippen LogP contribution < -0.4 is 5.32 Å². The van der Waals surface area contributed by atoms with E-state index in [1.165, 1.54) is 77.0 Å². The molecule has 6 nitrogen and oxygen atoms in total. The zero-order chi connectivity index (χ0) is 28.4. The minimum atomic E-state index is -4.65. The maximum absolute atomic E-state index is 13.0. The second-order valence-electron chi connectivity index (χ2n) is 11.4. The number of rotatable bonds is 21. The number of carbonyl (C=O) groups is 1. The summed E-state index contributed by atoms with van der Waals surface area (Å²) in [6.45, 7) is 10.4. The Kier molecular flexibility index (Phi) is 17.6. The fraction of sp³-hybridized carbons (Fsp3) is 0.774. The van der Waals surface area contributed by atoms with E-state index >= 15 is 0 Å². The number of benzene rings is 1. The molecule has 0 aliphatic carbocycles. The van der Waals surface area contributed by atoms with Crippen LogP contribution in [0.5, 0.6) is 0 Å². The van der Waals surface area contributed by atoms with E-state index in [2.05, 4.69) is 12.2 Å². The molecule has 38 heavy (non-hydrogen) atoms. The van der Waals surface area contributed by atoms with Crippen LogP contribution in [-0.2, 0) is 10.3 Å². The molecule has 0 aromatic heterocycles. The molecule has 2 N–H and O–H groups in total. The van der Waals surface area contributed by atoms with Crippen molar-refractivity contribution in [3.63, 3.8) is 0 Å². The predicted octanol–water partition coefficient (Wildman–Crippen LogP) is 9.83. The molecule has 0 aliphatic rings. The molecule has 0 fully saturated rings. The third kappa shape index (κ3) is 14.0. The Morgan fingerprint density at radius 2 is 1.11 bits per heavy atom. The van der Waals surface area contributed by atoms with Gasteiger partial charge in [-0.3, -0.25) is 4.55 Å². The van der Waals surface area contributed by atoms with Gasteiger partial charge in [0.1, 0.15) is 0 Å². The number of carbonyl (C=O) groups excluding carboxylic acids is 1. The fourth-order valence-corrected chi connectivity index (χ4v) is 5.60. The van der Waals surface area contributed by atoms with E-state index in [1.54, 1.807) is 0 Å². The molecule has 2 amide bonds. The third-order valence-electron chi connectivity index (χ3n) is 7.32. The summed E-state index contributed by atoms with van der Waals surface area (Å²) in [4.78, 5) is 13.0. The average Bonchev–Trinajstić information content (AvgIpc) is 2.84. The highest BCUT2D eigenvalue weighted by molar-refractivity contribution is 7.84. The number of nitrogens with zero attached hydrogens (tertiary/aromatic N) is 1. The van der Waals surface area contributed by atoms with E-state index in [0.717, 1.165) is 30.4 Å². The lowest BCUT2D eigenvalue weighted by Crippen LogP contribution is -2.40. The minimum absolute atomic E-state index is 0.0238. The van der Waals surface area contributed by atoms with Crippen LogP contribution in [0.1, 0.15) is 160 Å². The van der Waals surface area contributed by atoms with E-state index in [9.17, 15) is 17.8 Å². The first-order chi connectivity index (χ1) is 18.1. The second-order valence-corrected chi connectivity index (χ2v) is 12.7. The molecular formula is C31H56N2O4S. The summed E-state index contributed by atoms with van der Waals surface area (Å²) >= 11 is 0. The van der Waals surface area contributed by atoms with Crippen LogP contribution in [0.2, 0.25) is 0 Å². The first-order valence-corrected chi connectivity index (χ1v) is 16.7. The molecule has 0 unspecified atom stereocenters. The van der Waals surface area contributed by atoms with Crippen LogP contribution in [0.15, 0.2) is 18.2 Å². The van der Waals surface area contributed by atoms with Gasteiger partial charge >= 0.3 is 16.3 Å². The van der Waals surface area contributed by atoms with Gasteiger partial charge in [-0.1, -0.05) is 149 Å². The Hall–Kier alpha value is -1.60. The van der Waals surface area contributed by atoms with Crippen molar-refractivity contribution in [3.05, 3.63) is 29.3 Å². The lowest BCUT2D eigenvalue weighted by molar-refractivity contribution is 0.231. The molecule has 0 radical (unpaired) electrons. The maximum Gasteiger partial charge on any atom is 0.363 e. The lowest BCUT2D eigenvalue weighted by atomic mass is 9.93. The minimum Gasteiger partial charge on any atom is -0.306 e. The van der Waals surface area contributed by atoms with Gasteiger partial charge in [0.2, 0.25) is 0 Å². The molecular weight excluding hydrogens is 496 g/mol. The molecule has 0 heterocycles. The summed E-state index contributed by atoms with van der Waals surface area (Å²) in [5, 5.41) is 2.80. The van der Waals surface area contributed by atoms with Crippen LogP contribution in [-0.4, -0.2) is 29.9 Å². The van der Waals surface area contributed by atoms with E-state index < -0.39 is 16.3 Å². The number of amides is 2. The predicted molar refractivity (Wildman–Crippen MR) is 161 cm³/mol. The number of unbranched alkanes of at least 4 members (excludes halogenated alkanes) is 15. The molecule has 1 aromatic carbocycles. The smallest absolute Gasteiger partial charge is 0.306 e. The largest absolute Gasteiger partial charge is 0.363 e. The highest BCUT2D eigenvalue weighted by atomic mass is 32.2. The number of nitrogens with one attached hydrogen (secondary N) is 1. The van der Waals surface area contributed by atoms with Crippen molar-refractivity contribution < 1.29 is 17.8 Å². The van der Waals surface area contributed by atoms with Crippen molar-refractivity contribution in [1.82, 2.24) is 4.31 Å². The Labute approximate surface area is 234 Å². The zero-order valence-corrected chi connectivity index (χ0v) is 25.8. The van der Waals surface area contributed by atoms with Crippen LogP contribution in [0.25, 0.3) is 0 Å². The second kappa shape index (κ2) is 19.5. The molecule has 7 heteroatoms. The summed E-state index contributed by atoms with van der Waals surface area (Å²) in [6.07, 6.45) is 19.5. The Bertz CT molecular complexity index is 858. The highest BCUT2D eigenvalue weighted by Crippen LogP contribution is 2.32. The first kappa shape index (κ1) is 34.4. The highest BCUT2D eigenvalue weighted by Gasteiger charge is 2.27. The zero-order valence-electron chi connectivity index (χ0n) is 24.9. The summed E-state index contributed by atoms with van der Waals surface area (Å²) < 4.78 is 34.3. The van der Waals surface area contributed by atoms with Crippen LogP contribution in [0.3, 0.4) is 0 Å². The molecule has 0 bridgehead atoms. The van der Waals surface area contributed by atoms with Gasteiger partial charge in [0.05, 0.1) is 0 Å². The molecule has 0 aliphatic heterocycles. The SMILES string of the molecule is CCCCCCCCCCCCCCCCCCN(C(=O)Nc1c(C(C)C)cccc1C(C)C)S(=O)(=O)O. The number of urea groups is 1. The number of para-hydroxylation sites is 1. The molecule has 0 spiro atoms. The molecule has 0 saturated carbocycles. The van der Waals surface area contributed by atoms with Crippen molar-refractivity contribution in [3.8, 4) is 0 Å². The number of hydrogen-bond donors (Lipinski definition) is 2. The number of hydrogen-bond acceptors (Lipinski definition) is 3. The van der Waals surface area contributed by atoms with E-state index in [0.29, 0.717) is 16.4 Å². The summed E-state index contributed by atoms with van der Waals surface area (Å²) in [5.74, 6) is 0.312. The van der Waals surface area contributed by atoms with Crippen LogP contribution in [0, 0.1) is 0 Å². The fourth-order valence-electron chi connectivity index (χ4n) is 4.99. The van der Waals surface area contributed by atoms with Gasteiger partial charge in [-0.25, -0.2) is 4.79 Å². The van der Waals surface area contributed by atoms with Gasteiger partial charge in [0.25, 0.3) is 0 Å². The normalized spacial score (nSPS) is 11.9. The van der Waals surface area contributed by atoms with Crippen molar-refractivity contribution in [2.24, 2.45) is 0 Å². The quantitative estimate of drug-likeness (QED) is 0.117. The van der Waals surface area contributed by atoms with Gasteiger partial charge in [-0.15, -0.1) is 0 Å². The van der Waals surface area contributed by atoms with Gasteiger partial charge in [-0.2, -0.15) is 12.7 Å². The Morgan fingerprint density at radius 1 is 0.737 bits per heavy atom. The standard InChI is InChI=1S/C31H56N2O4S/c1-6-7-8-9-10-11-12-13-14-15-16-17-18-19-20-21-25-33(38(35,36)37)31(34)32-30-28(26(2)3)23-22-24-29(30)27(4)5/h22-24,26-27H,6-21,25H2,1-5H3,(H,32,34)(H,35,36,37). The van der Waals surface area contributed by atoms with Crippen molar-refractivity contribution in [2.45, 2.75) is 149 Å². The number of anilines is 1. The third-order valence-corrected chi connectivity index (χ3v) is 8.23. The molecule has 0 saturated heterocycles. The van der Waals surface area contributed by atoms with Crippen LogP contribution in [0.4, 0.5) is 10.5 Å². The van der Waals surface area contributed by atoms with E-state index in [1.807, 2.05) is 45.9 Å². The summed E-state index contributed by atoms with van der Waals surface area (Å²) in [6, 6.07) is 5.04. The lowest BCUT2D eigenvalue weighted by Gasteiger charge is -2.24. The topological polar surface area (TPSA) is 86.7 Å². The van der Waals surface area contributed by atoms with Crippen LogP contribution >= 0.6 is 0 Å². The van der Waals surface area contributed by atoms with Crippen molar-refractivity contribution in [2.75, 3.05) is 11.9 Å². The van der Waals surface area contributed by atoms with Gasteiger partial charge < -0.3 is 5.32 Å². The monoisotopic (exact) mass is 552 g/mol. The Balaban J connectivity index is 2.35. The first-order valence-electron chi connectivity index (χ1n) is 15.3. The Morgan fingerprint density at radius 3 is 1.45 bits per heavy atom. The van der Waals surface area contributed by atoms with E-state index in [-0.39, 0.29) is 18.4 Å². The van der Waals surface area contributed by atoms with E-state index in [4.69, 9.17) is 0 Å². The van der Waals surface area contributed by atoms with Gasteiger partial charge in [-0.05, 0) is 29.4 Å². The van der Waals surface area contributed by atoms with Gasteiger partial charge in [0, 0.05) is 12.2 Å². The molecule has 220 valence electrons.